The van der Waals surface area contributed by atoms with E-state index in [1.54, 1.807) is 7.11 Å². The molecular formula is C12H24O4. The minimum Gasteiger partial charge on any atom is -0.393 e. The number of aliphatic hydroxyl groups excluding tert-OH is 2. The molecule has 1 aliphatic rings. The lowest BCUT2D eigenvalue weighted by Gasteiger charge is -2.29. The van der Waals surface area contributed by atoms with E-state index < -0.39 is 6.10 Å². The van der Waals surface area contributed by atoms with Gasteiger partial charge in [0.1, 0.15) is 0 Å². The normalized spacial score (nSPS) is 27.9. The lowest BCUT2D eigenvalue weighted by Crippen LogP contribution is -2.30. The van der Waals surface area contributed by atoms with E-state index in [1.807, 2.05) is 0 Å². The van der Waals surface area contributed by atoms with Crippen LogP contribution in [-0.2, 0) is 9.47 Å². The molecule has 0 aliphatic heterocycles. The van der Waals surface area contributed by atoms with Gasteiger partial charge in [0.2, 0.25) is 0 Å². The Hall–Kier alpha value is -0.160. The van der Waals surface area contributed by atoms with Crippen molar-refractivity contribution in [2.24, 2.45) is 5.92 Å². The summed E-state index contributed by atoms with van der Waals surface area (Å²) in [6, 6.07) is 0. The smallest absolute Gasteiger partial charge is 0.0777 e. The van der Waals surface area contributed by atoms with Gasteiger partial charge in [-0.05, 0) is 25.2 Å². The van der Waals surface area contributed by atoms with Crippen LogP contribution in [-0.4, -0.2) is 49.4 Å². The standard InChI is InChI=1S/C12H24O4/c1-15-6-7-16-9-11(13)8-10-4-2-3-5-12(10)14/h10-14H,2-9H2,1H3. The molecule has 1 fully saturated rings. The summed E-state index contributed by atoms with van der Waals surface area (Å²) in [6.07, 6.45) is 4.13. The van der Waals surface area contributed by atoms with E-state index in [0.717, 1.165) is 19.3 Å². The van der Waals surface area contributed by atoms with E-state index in [2.05, 4.69) is 0 Å². The lowest BCUT2D eigenvalue weighted by atomic mass is 9.83. The first-order valence-electron chi connectivity index (χ1n) is 6.17. The molecule has 2 N–H and O–H groups in total. The number of ether oxygens (including phenoxy) is 2. The van der Waals surface area contributed by atoms with Crippen LogP contribution in [0.4, 0.5) is 0 Å². The molecule has 96 valence electrons. The topological polar surface area (TPSA) is 58.9 Å². The first kappa shape index (κ1) is 13.9. The molecule has 0 aromatic carbocycles. The summed E-state index contributed by atoms with van der Waals surface area (Å²) in [4.78, 5) is 0. The first-order chi connectivity index (χ1) is 7.74. The highest BCUT2D eigenvalue weighted by atomic mass is 16.5. The fraction of sp³-hybridized carbons (Fsp3) is 1.00. The van der Waals surface area contributed by atoms with Crippen LogP contribution in [0.3, 0.4) is 0 Å². The second-order valence-corrected chi connectivity index (χ2v) is 4.57. The van der Waals surface area contributed by atoms with Crippen LogP contribution in [0.5, 0.6) is 0 Å². The highest BCUT2D eigenvalue weighted by molar-refractivity contribution is 4.76. The SMILES string of the molecule is COCCOCC(O)CC1CCCCC1O. The third-order valence-corrected chi connectivity index (χ3v) is 3.19. The summed E-state index contributed by atoms with van der Waals surface area (Å²) < 4.78 is 10.1. The number of aliphatic hydroxyl groups is 2. The first-order valence-corrected chi connectivity index (χ1v) is 6.17. The van der Waals surface area contributed by atoms with Crippen molar-refractivity contribution in [1.82, 2.24) is 0 Å². The molecule has 1 aliphatic carbocycles. The second-order valence-electron chi connectivity index (χ2n) is 4.57. The molecular weight excluding hydrogens is 208 g/mol. The predicted octanol–water partition coefficient (Wildman–Crippen LogP) is 0.951. The molecule has 16 heavy (non-hydrogen) atoms. The number of methoxy groups -OCH3 is 1. The largest absolute Gasteiger partial charge is 0.393 e. The molecule has 3 atom stereocenters. The Bertz CT molecular complexity index is 174. The minimum absolute atomic E-state index is 0.234. The third-order valence-electron chi connectivity index (χ3n) is 3.19. The van der Waals surface area contributed by atoms with Gasteiger partial charge in [-0.15, -0.1) is 0 Å². The quantitative estimate of drug-likeness (QED) is 0.642. The van der Waals surface area contributed by atoms with Gasteiger partial charge in [-0.25, -0.2) is 0 Å². The molecule has 0 heterocycles. The molecule has 0 amide bonds. The molecule has 0 bridgehead atoms. The fourth-order valence-electron chi connectivity index (χ4n) is 2.24. The van der Waals surface area contributed by atoms with Crippen molar-refractivity contribution in [3.8, 4) is 0 Å². The Kier molecular flexibility index (Phi) is 6.96. The monoisotopic (exact) mass is 232 g/mol. The Morgan fingerprint density at radius 3 is 2.69 bits per heavy atom. The van der Waals surface area contributed by atoms with Crippen molar-refractivity contribution in [3.63, 3.8) is 0 Å². The van der Waals surface area contributed by atoms with Gasteiger partial charge in [0.15, 0.2) is 0 Å². The van der Waals surface area contributed by atoms with E-state index in [1.165, 1.54) is 6.42 Å². The van der Waals surface area contributed by atoms with E-state index >= 15 is 0 Å². The molecule has 0 aromatic rings. The van der Waals surface area contributed by atoms with E-state index in [4.69, 9.17) is 9.47 Å². The van der Waals surface area contributed by atoms with E-state index in [0.29, 0.717) is 26.2 Å². The van der Waals surface area contributed by atoms with Gasteiger partial charge in [-0.2, -0.15) is 0 Å². The summed E-state index contributed by atoms with van der Waals surface area (Å²) in [5, 5.41) is 19.5. The lowest BCUT2D eigenvalue weighted by molar-refractivity contribution is -0.0161. The van der Waals surface area contributed by atoms with Crippen LogP contribution in [0.2, 0.25) is 0 Å². The maximum Gasteiger partial charge on any atom is 0.0777 e. The van der Waals surface area contributed by atoms with Crippen LogP contribution in [0, 0.1) is 5.92 Å². The second kappa shape index (κ2) is 8.01. The molecule has 0 aromatic heterocycles. The van der Waals surface area contributed by atoms with Gasteiger partial charge >= 0.3 is 0 Å². The molecule has 0 radical (unpaired) electrons. The van der Waals surface area contributed by atoms with Crippen molar-refractivity contribution in [3.05, 3.63) is 0 Å². The molecule has 0 spiro atoms. The van der Waals surface area contributed by atoms with Crippen molar-refractivity contribution >= 4 is 0 Å². The summed E-state index contributed by atoms with van der Waals surface area (Å²) in [7, 11) is 1.62. The molecule has 1 rings (SSSR count). The van der Waals surface area contributed by atoms with E-state index in [9.17, 15) is 10.2 Å². The Morgan fingerprint density at radius 2 is 2.00 bits per heavy atom. The Balaban J connectivity index is 2.09. The molecule has 3 unspecified atom stereocenters. The number of hydrogen-bond donors (Lipinski definition) is 2. The average molecular weight is 232 g/mol. The average Bonchev–Trinajstić information content (AvgIpc) is 2.28. The van der Waals surface area contributed by atoms with Gasteiger partial charge in [0, 0.05) is 7.11 Å². The minimum atomic E-state index is -0.463. The van der Waals surface area contributed by atoms with Crippen molar-refractivity contribution in [1.29, 1.82) is 0 Å². The highest BCUT2D eigenvalue weighted by Gasteiger charge is 2.25. The fourth-order valence-corrected chi connectivity index (χ4v) is 2.24. The van der Waals surface area contributed by atoms with Crippen LogP contribution < -0.4 is 0 Å². The molecule has 0 saturated heterocycles. The van der Waals surface area contributed by atoms with Crippen LogP contribution in [0.1, 0.15) is 32.1 Å². The van der Waals surface area contributed by atoms with Crippen molar-refractivity contribution in [2.45, 2.75) is 44.3 Å². The summed E-state index contributed by atoms with van der Waals surface area (Å²) in [5.41, 5.74) is 0. The number of rotatable bonds is 7. The zero-order valence-corrected chi connectivity index (χ0v) is 10.1. The molecule has 1 saturated carbocycles. The van der Waals surface area contributed by atoms with Crippen LogP contribution in [0.25, 0.3) is 0 Å². The van der Waals surface area contributed by atoms with Crippen LogP contribution >= 0.6 is 0 Å². The Labute approximate surface area is 97.6 Å². The maximum absolute atomic E-state index is 9.76. The van der Waals surface area contributed by atoms with Gasteiger partial charge < -0.3 is 19.7 Å². The zero-order chi connectivity index (χ0) is 11.8. The summed E-state index contributed by atoms with van der Waals surface area (Å²) in [6.45, 7) is 1.41. The van der Waals surface area contributed by atoms with Gasteiger partial charge in [0.05, 0.1) is 32.0 Å². The van der Waals surface area contributed by atoms with Crippen LogP contribution in [0.15, 0.2) is 0 Å². The van der Waals surface area contributed by atoms with Crippen molar-refractivity contribution in [2.75, 3.05) is 26.9 Å². The van der Waals surface area contributed by atoms with Crippen molar-refractivity contribution < 1.29 is 19.7 Å². The maximum atomic E-state index is 9.76. The van der Waals surface area contributed by atoms with Gasteiger partial charge in [0.25, 0.3) is 0 Å². The summed E-state index contributed by atoms with van der Waals surface area (Å²) >= 11 is 0. The van der Waals surface area contributed by atoms with E-state index in [-0.39, 0.29) is 12.0 Å². The summed E-state index contributed by atoms with van der Waals surface area (Å²) in [5.74, 6) is 0.245. The third kappa shape index (κ3) is 5.25. The predicted molar refractivity (Wildman–Crippen MR) is 61.3 cm³/mol. The highest BCUT2D eigenvalue weighted by Crippen LogP contribution is 2.27. The molecule has 4 heteroatoms. The Morgan fingerprint density at radius 1 is 1.25 bits per heavy atom. The van der Waals surface area contributed by atoms with Gasteiger partial charge in [-0.1, -0.05) is 12.8 Å². The van der Waals surface area contributed by atoms with Gasteiger partial charge in [-0.3, -0.25) is 0 Å². The molecule has 4 nitrogen and oxygen atoms in total. The number of hydrogen-bond acceptors (Lipinski definition) is 4. The zero-order valence-electron chi connectivity index (χ0n) is 10.1.